The quantitative estimate of drug-likeness (QED) is 0.661. The minimum Gasteiger partial charge on any atom is -0.356 e. The van der Waals surface area contributed by atoms with E-state index in [0.29, 0.717) is 33.0 Å². The maximum absolute atomic E-state index is 13.1. The van der Waals surface area contributed by atoms with Gasteiger partial charge in [-0.05, 0) is 49.8 Å². The summed E-state index contributed by atoms with van der Waals surface area (Å²) in [5.74, 6) is -0.209. The second-order valence-corrected chi connectivity index (χ2v) is 8.07. The Morgan fingerprint density at radius 1 is 1.17 bits per heavy atom. The number of benzene rings is 2. The maximum Gasteiger partial charge on any atom is 0.283 e. The third-order valence-electron chi connectivity index (χ3n) is 4.08. The van der Waals surface area contributed by atoms with Crippen LogP contribution in [-0.4, -0.2) is 29.3 Å². The molecule has 0 atom stereocenters. The van der Waals surface area contributed by atoms with Crippen molar-refractivity contribution in [2.24, 2.45) is 4.99 Å². The fourth-order valence-electron chi connectivity index (χ4n) is 2.65. The molecule has 1 heterocycles. The third kappa shape index (κ3) is 5.21. The van der Waals surface area contributed by atoms with E-state index in [-0.39, 0.29) is 23.3 Å². The molecule has 0 bridgehead atoms. The summed E-state index contributed by atoms with van der Waals surface area (Å²) in [7, 11) is 0. The van der Waals surface area contributed by atoms with E-state index in [1.807, 2.05) is 38.1 Å². The van der Waals surface area contributed by atoms with Crippen molar-refractivity contribution in [1.82, 2.24) is 5.32 Å². The summed E-state index contributed by atoms with van der Waals surface area (Å²) < 4.78 is 0. The fraction of sp³-hybridized carbons (Fsp3) is 0.190. The van der Waals surface area contributed by atoms with Gasteiger partial charge in [0.1, 0.15) is 5.70 Å². The van der Waals surface area contributed by atoms with Crippen LogP contribution in [0.15, 0.2) is 53.2 Å². The molecule has 3 rings (SSSR count). The number of amides is 2. The summed E-state index contributed by atoms with van der Waals surface area (Å²) in [6.07, 6.45) is 1.66. The molecule has 1 aliphatic rings. The highest BCUT2D eigenvalue weighted by atomic mass is 35.5. The van der Waals surface area contributed by atoms with Gasteiger partial charge in [0.15, 0.2) is 5.17 Å². The minimum absolute atomic E-state index is 0.113. The minimum atomic E-state index is -0.265. The molecule has 0 aromatic heterocycles. The predicted molar refractivity (Wildman–Crippen MR) is 122 cm³/mol. The largest absolute Gasteiger partial charge is 0.356 e. The number of hydrogen-bond acceptors (Lipinski definition) is 4. The molecule has 2 aromatic rings. The number of aliphatic imine (C=N–C) groups is 1. The van der Waals surface area contributed by atoms with Crippen molar-refractivity contribution in [2.75, 3.05) is 17.2 Å². The highest BCUT2D eigenvalue weighted by Gasteiger charge is 2.32. The zero-order valence-electron chi connectivity index (χ0n) is 15.9. The lowest BCUT2D eigenvalue weighted by Crippen LogP contribution is -2.32. The van der Waals surface area contributed by atoms with Crippen LogP contribution in [0.25, 0.3) is 6.08 Å². The number of aryl methyl sites for hydroxylation is 1. The molecular weight excluding hydrogens is 429 g/mol. The lowest BCUT2D eigenvalue weighted by Gasteiger charge is -2.17. The molecule has 1 aliphatic heterocycles. The van der Waals surface area contributed by atoms with Crippen molar-refractivity contribution in [3.63, 3.8) is 0 Å². The molecule has 0 aliphatic carbocycles. The topological polar surface area (TPSA) is 61.8 Å². The van der Waals surface area contributed by atoms with E-state index in [1.54, 1.807) is 24.3 Å². The van der Waals surface area contributed by atoms with E-state index in [9.17, 15) is 9.59 Å². The van der Waals surface area contributed by atoms with E-state index < -0.39 is 0 Å². The number of carbonyl (C=O) groups is 2. The monoisotopic (exact) mass is 447 g/mol. The van der Waals surface area contributed by atoms with Crippen LogP contribution in [0.3, 0.4) is 0 Å². The Bertz CT molecular complexity index is 1000. The number of carbonyl (C=O) groups excluding carboxylic acids is 2. The number of halogens is 2. The average Bonchev–Trinajstić information content (AvgIpc) is 2.99. The van der Waals surface area contributed by atoms with Gasteiger partial charge in [-0.1, -0.05) is 58.7 Å². The van der Waals surface area contributed by atoms with Crippen LogP contribution in [0.1, 0.15) is 18.1 Å². The zero-order chi connectivity index (χ0) is 21.0. The second kappa shape index (κ2) is 9.48. The third-order valence-corrected chi connectivity index (χ3v) is 5.75. The van der Waals surface area contributed by atoms with E-state index in [2.05, 4.69) is 10.3 Å². The number of nitrogens with one attached hydrogen (secondary N) is 1. The molecule has 2 amide bonds. The Morgan fingerprint density at radius 3 is 2.55 bits per heavy atom. The molecule has 8 heteroatoms. The fourth-order valence-corrected chi connectivity index (χ4v) is 3.80. The summed E-state index contributed by atoms with van der Waals surface area (Å²) >= 11 is 13.3. The number of rotatable bonds is 5. The number of hydrogen-bond donors (Lipinski definition) is 1. The average molecular weight is 448 g/mol. The molecule has 0 saturated heterocycles. The number of amidine groups is 1. The molecule has 0 spiro atoms. The van der Waals surface area contributed by atoms with Crippen LogP contribution >= 0.6 is 35.0 Å². The van der Waals surface area contributed by atoms with Crippen molar-refractivity contribution >= 4 is 63.7 Å². The first-order valence-electron chi connectivity index (χ1n) is 8.95. The van der Waals surface area contributed by atoms with Gasteiger partial charge in [0.05, 0.1) is 21.5 Å². The van der Waals surface area contributed by atoms with Gasteiger partial charge in [-0.25, -0.2) is 4.99 Å². The van der Waals surface area contributed by atoms with Crippen LogP contribution in [0.4, 0.5) is 5.69 Å². The van der Waals surface area contributed by atoms with Gasteiger partial charge >= 0.3 is 0 Å². The lowest BCUT2D eigenvalue weighted by atomic mass is 10.2. The Hall–Kier alpha value is -2.28. The molecule has 1 N–H and O–H groups in total. The van der Waals surface area contributed by atoms with Gasteiger partial charge in [0.2, 0.25) is 5.91 Å². The van der Waals surface area contributed by atoms with Crippen molar-refractivity contribution in [1.29, 1.82) is 0 Å². The molecule has 0 saturated carbocycles. The van der Waals surface area contributed by atoms with Gasteiger partial charge in [0, 0.05) is 6.54 Å². The van der Waals surface area contributed by atoms with Crippen molar-refractivity contribution in [3.05, 3.63) is 69.3 Å². The molecule has 0 radical (unpaired) electrons. The van der Waals surface area contributed by atoms with Gasteiger partial charge in [-0.15, -0.1) is 0 Å². The molecule has 5 nitrogen and oxygen atoms in total. The molecule has 0 unspecified atom stereocenters. The standard InChI is InChI=1S/C21H19Cl2N3O2S/c1-3-24-19(27)12-29-21-25-18(11-14-6-9-16(22)17(23)10-14)20(28)26(21)15-7-4-13(2)5-8-15/h4-11H,3,12H2,1-2H3,(H,24,27)/b18-11-. The summed E-state index contributed by atoms with van der Waals surface area (Å²) in [4.78, 5) is 31.0. The Labute approximate surface area is 183 Å². The molecule has 0 fully saturated rings. The summed E-state index contributed by atoms with van der Waals surface area (Å²) in [6.45, 7) is 4.38. The highest BCUT2D eigenvalue weighted by Crippen LogP contribution is 2.30. The number of nitrogens with zero attached hydrogens (tertiary/aromatic N) is 2. The van der Waals surface area contributed by atoms with Crippen molar-refractivity contribution < 1.29 is 9.59 Å². The van der Waals surface area contributed by atoms with E-state index in [4.69, 9.17) is 23.2 Å². The van der Waals surface area contributed by atoms with Crippen LogP contribution in [-0.2, 0) is 9.59 Å². The van der Waals surface area contributed by atoms with Gasteiger partial charge in [-0.3, -0.25) is 14.5 Å². The Kier molecular flexibility index (Phi) is 7.00. The highest BCUT2D eigenvalue weighted by molar-refractivity contribution is 8.14. The Balaban J connectivity index is 1.94. The van der Waals surface area contributed by atoms with Crippen LogP contribution < -0.4 is 10.2 Å². The first kappa shape index (κ1) is 21.4. The van der Waals surface area contributed by atoms with Gasteiger partial charge < -0.3 is 5.32 Å². The predicted octanol–water partition coefficient (Wildman–Crippen LogP) is 4.91. The smallest absolute Gasteiger partial charge is 0.283 e. The molecular formula is C21H19Cl2N3O2S. The number of anilines is 1. The van der Waals surface area contributed by atoms with E-state index in [1.165, 1.54) is 16.7 Å². The molecule has 150 valence electrons. The summed E-state index contributed by atoms with van der Waals surface area (Å²) in [5.41, 5.74) is 2.76. The van der Waals surface area contributed by atoms with E-state index >= 15 is 0 Å². The lowest BCUT2D eigenvalue weighted by molar-refractivity contribution is -0.118. The second-order valence-electron chi connectivity index (χ2n) is 6.32. The van der Waals surface area contributed by atoms with Crippen LogP contribution in [0.2, 0.25) is 10.0 Å². The first-order valence-corrected chi connectivity index (χ1v) is 10.7. The van der Waals surface area contributed by atoms with Crippen molar-refractivity contribution in [3.8, 4) is 0 Å². The normalized spacial score (nSPS) is 15.0. The molecule has 2 aromatic carbocycles. The van der Waals surface area contributed by atoms with Gasteiger partial charge in [0.25, 0.3) is 5.91 Å². The van der Waals surface area contributed by atoms with E-state index in [0.717, 1.165) is 5.56 Å². The van der Waals surface area contributed by atoms with Crippen LogP contribution in [0, 0.1) is 6.92 Å². The first-order chi connectivity index (χ1) is 13.9. The molecule has 29 heavy (non-hydrogen) atoms. The summed E-state index contributed by atoms with van der Waals surface area (Å²) in [6, 6.07) is 12.7. The zero-order valence-corrected chi connectivity index (χ0v) is 18.2. The van der Waals surface area contributed by atoms with Crippen LogP contribution in [0.5, 0.6) is 0 Å². The maximum atomic E-state index is 13.1. The summed E-state index contributed by atoms with van der Waals surface area (Å²) in [5, 5.41) is 4.04. The SMILES string of the molecule is CCNC(=O)CSC1=N/C(=C\c2ccc(Cl)c(Cl)c2)C(=O)N1c1ccc(C)cc1. The van der Waals surface area contributed by atoms with Gasteiger partial charge in [-0.2, -0.15) is 0 Å². The number of thioether (sulfide) groups is 1. The van der Waals surface area contributed by atoms with Crippen molar-refractivity contribution in [2.45, 2.75) is 13.8 Å². The Morgan fingerprint density at radius 2 is 1.90 bits per heavy atom.